The Kier molecular flexibility index (Phi) is 2.91. The highest BCUT2D eigenvalue weighted by Gasteiger charge is 2.32. The molecule has 0 unspecified atom stereocenters. The standard InChI is InChI=1S/C9H10O5/c1-5(10)4-6-7(12-2)8(13-3)9(11)14-6/h4H,1-3H3/b6-4-. The summed E-state index contributed by atoms with van der Waals surface area (Å²) in [5.74, 6) is -0.689. The average molecular weight is 198 g/mol. The Hall–Kier alpha value is -1.78. The normalized spacial score (nSPS) is 18.5. The summed E-state index contributed by atoms with van der Waals surface area (Å²) in [4.78, 5) is 21.9. The Morgan fingerprint density at radius 1 is 1.29 bits per heavy atom. The Labute approximate surface area is 80.9 Å². The number of methoxy groups -OCH3 is 2. The number of esters is 1. The van der Waals surface area contributed by atoms with Gasteiger partial charge in [-0.3, -0.25) is 4.79 Å². The van der Waals surface area contributed by atoms with Crippen LogP contribution in [0, 0.1) is 0 Å². The third-order valence-electron chi connectivity index (χ3n) is 1.56. The Morgan fingerprint density at radius 2 is 1.86 bits per heavy atom. The van der Waals surface area contributed by atoms with Crippen molar-refractivity contribution in [3.05, 3.63) is 23.4 Å². The summed E-state index contributed by atoms with van der Waals surface area (Å²) in [5.41, 5.74) is 0. The zero-order chi connectivity index (χ0) is 10.7. The minimum Gasteiger partial charge on any atom is -0.490 e. The minimum absolute atomic E-state index is 0.0278. The second-order valence-corrected chi connectivity index (χ2v) is 2.58. The van der Waals surface area contributed by atoms with Crippen LogP contribution in [-0.4, -0.2) is 26.0 Å². The van der Waals surface area contributed by atoms with Crippen molar-refractivity contribution >= 4 is 11.8 Å². The van der Waals surface area contributed by atoms with Gasteiger partial charge in [0.15, 0.2) is 11.5 Å². The molecule has 1 aliphatic heterocycles. The van der Waals surface area contributed by atoms with Crippen molar-refractivity contribution in [1.29, 1.82) is 0 Å². The number of carbonyl (C=O) groups excluding carboxylic acids is 2. The van der Waals surface area contributed by atoms with Gasteiger partial charge in [0.1, 0.15) is 0 Å². The zero-order valence-electron chi connectivity index (χ0n) is 8.12. The Balaban J connectivity index is 3.10. The summed E-state index contributed by atoms with van der Waals surface area (Å²) >= 11 is 0. The van der Waals surface area contributed by atoms with Crippen molar-refractivity contribution < 1.29 is 23.8 Å². The van der Waals surface area contributed by atoms with Crippen LogP contribution in [0.4, 0.5) is 0 Å². The molecule has 14 heavy (non-hydrogen) atoms. The van der Waals surface area contributed by atoms with E-state index in [1.165, 1.54) is 27.2 Å². The Bertz CT molecular complexity index is 337. The molecule has 0 fully saturated rings. The molecule has 5 heteroatoms. The van der Waals surface area contributed by atoms with Crippen LogP contribution >= 0.6 is 0 Å². The van der Waals surface area contributed by atoms with Crippen LogP contribution in [0.5, 0.6) is 0 Å². The van der Waals surface area contributed by atoms with Gasteiger partial charge < -0.3 is 14.2 Å². The number of ether oxygens (including phenoxy) is 3. The quantitative estimate of drug-likeness (QED) is 0.488. The number of hydrogen-bond acceptors (Lipinski definition) is 5. The molecule has 0 aromatic heterocycles. The molecule has 0 amide bonds. The van der Waals surface area contributed by atoms with Crippen LogP contribution in [0.1, 0.15) is 6.92 Å². The van der Waals surface area contributed by atoms with E-state index in [0.717, 1.165) is 0 Å². The highest BCUT2D eigenvalue weighted by Crippen LogP contribution is 2.26. The largest absolute Gasteiger partial charge is 0.490 e. The average Bonchev–Trinajstić information content (AvgIpc) is 2.39. The van der Waals surface area contributed by atoms with Gasteiger partial charge in [-0.1, -0.05) is 0 Å². The fourth-order valence-electron chi connectivity index (χ4n) is 1.05. The molecule has 0 radical (unpaired) electrons. The summed E-state index contributed by atoms with van der Waals surface area (Å²) in [5, 5.41) is 0. The number of hydrogen-bond donors (Lipinski definition) is 0. The van der Waals surface area contributed by atoms with Crippen molar-refractivity contribution in [3.8, 4) is 0 Å². The number of carbonyl (C=O) groups is 2. The van der Waals surface area contributed by atoms with Crippen LogP contribution in [0.3, 0.4) is 0 Å². The van der Waals surface area contributed by atoms with Crippen LogP contribution in [0.25, 0.3) is 0 Å². The van der Waals surface area contributed by atoms with Gasteiger partial charge in [-0.25, -0.2) is 4.79 Å². The molecule has 0 aromatic carbocycles. The monoisotopic (exact) mass is 198 g/mol. The van der Waals surface area contributed by atoms with Crippen LogP contribution in [0.2, 0.25) is 0 Å². The fraction of sp³-hybridized carbons (Fsp3) is 0.333. The van der Waals surface area contributed by atoms with Gasteiger partial charge in [-0.2, -0.15) is 0 Å². The molecule has 0 atom stereocenters. The van der Waals surface area contributed by atoms with E-state index >= 15 is 0 Å². The van der Waals surface area contributed by atoms with Crippen molar-refractivity contribution in [1.82, 2.24) is 0 Å². The molecule has 1 heterocycles. The van der Waals surface area contributed by atoms with Gasteiger partial charge in [-0.05, 0) is 6.92 Å². The highest BCUT2D eigenvalue weighted by atomic mass is 16.6. The zero-order valence-corrected chi connectivity index (χ0v) is 8.12. The van der Waals surface area contributed by atoms with Gasteiger partial charge in [0.2, 0.25) is 5.76 Å². The number of ketones is 1. The van der Waals surface area contributed by atoms with E-state index in [0.29, 0.717) is 0 Å². The molecule has 0 N–H and O–H groups in total. The lowest BCUT2D eigenvalue weighted by Crippen LogP contribution is -2.00. The number of cyclic esters (lactones) is 1. The molecule has 0 saturated heterocycles. The number of rotatable bonds is 3. The smallest absolute Gasteiger partial charge is 0.383 e. The van der Waals surface area contributed by atoms with E-state index in [4.69, 9.17) is 14.2 Å². The van der Waals surface area contributed by atoms with Gasteiger partial charge in [0, 0.05) is 6.08 Å². The van der Waals surface area contributed by atoms with Crippen LogP contribution < -0.4 is 0 Å². The van der Waals surface area contributed by atoms with Crippen molar-refractivity contribution in [2.75, 3.05) is 14.2 Å². The maximum atomic E-state index is 11.1. The Morgan fingerprint density at radius 3 is 2.29 bits per heavy atom. The molecule has 0 bridgehead atoms. The topological polar surface area (TPSA) is 61.8 Å². The molecule has 5 nitrogen and oxygen atoms in total. The lowest BCUT2D eigenvalue weighted by Gasteiger charge is -2.00. The molecule has 0 aromatic rings. The van der Waals surface area contributed by atoms with E-state index in [2.05, 4.69) is 0 Å². The van der Waals surface area contributed by atoms with E-state index in [9.17, 15) is 9.59 Å². The van der Waals surface area contributed by atoms with Crippen LogP contribution in [0.15, 0.2) is 23.4 Å². The summed E-state index contributed by atoms with van der Waals surface area (Å²) < 4.78 is 14.4. The summed E-state index contributed by atoms with van der Waals surface area (Å²) in [6.45, 7) is 1.35. The SMILES string of the molecule is COC1=C(OC)/C(=C/C(C)=O)OC1=O. The van der Waals surface area contributed by atoms with Crippen LogP contribution in [-0.2, 0) is 23.8 Å². The predicted molar refractivity (Wildman–Crippen MR) is 45.9 cm³/mol. The molecule has 0 aliphatic carbocycles. The third kappa shape index (κ3) is 1.76. The third-order valence-corrected chi connectivity index (χ3v) is 1.56. The van der Waals surface area contributed by atoms with E-state index in [1.807, 2.05) is 0 Å². The molecular weight excluding hydrogens is 188 g/mol. The van der Waals surface area contributed by atoms with Gasteiger partial charge >= 0.3 is 5.97 Å². The molecule has 1 rings (SSSR count). The maximum Gasteiger partial charge on any atom is 0.383 e. The van der Waals surface area contributed by atoms with Crippen molar-refractivity contribution in [3.63, 3.8) is 0 Å². The van der Waals surface area contributed by atoms with E-state index < -0.39 is 5.97 Å². The highest BCUT2D eigenvalue weighted by molar-refractivity contribution is 5.95. The summed E-state index contributed by atoms with van der Waals surface area (Å²) in [6, 6.07) is 0. The molecule has 0 saturated carbocycles. The van der Waals surface area contributed by atoms with Gasteiger partial charge in [-0.15, -0.1) is 0 Å². The molecule has 0 spiro atoms. The van der Waals surface area contributed by atoms with E-state index in [-0.39, 0.29) is 23.1 Å². The first-order valence-corrected chi connectivity index (χ1v) is 3.87. The molecule has 1 aliphatic rings. The van der Waals surface area contributed by atoms with Crippen molar-refractivity contribution in [2.24, 2.45) is 0 Å². The first-order valence-electron chi connectivity index (χ1n) is 3.87. The van der Waals surface area contributed by atoms with Gasteiger partial charge in [0.05, 0.1) is 14.2 Å². The van der Waals surface area contributed by atoms with E-state index in [1.54, 1.807) is 0 Å². The second kappa shape index (κ2) is 3.95. The predicted octanol–water partition coefficient (Wildman–Crippen LogP) is 0.520. The summed E-state index contributed by atoms with van der Waals surface area (Å²) in [7, 11) is 2.69. The summed E-state index contributed by atoms with van der Waals surface area (Å²) in [6.07, 6.45) is 1.17. The van der Waals surface area contributed by atoms with Gasteiger partial charge in [0.25, 0.3) is 5.76 Å². The second-order valence-electron chi connectivity index (χ2n) is 2.58. The molecular formula is C9H10O5. The minimum atomic E-state index is -0.656. The number of allylic oxidation sites excluding steroid dienone is 1. The first-order chi connectivity index (χ1) is 6.60. The fourth-order valence-corrected chi connectivity index (χ4v) is 1.05. The van der Waals surface area contributed by atoms with Crippen molar-refractivity contribution in [2.45, 2.75) is 6.92 Å². The lowest BCUT2D eigenvalue weighted by molar-refractivity contribution is -0.136. The lowest BCUT2D eigenvalue weighted by atomic mass is 10.3. The first kappa shape index (κ1) is 10.3. The maximum absolute atomic E-state index is 11.1. The molecule has 76 valence electrons.